The van der Waals surface area contributed by atoms with Gasteiger partial charge in [0.1, 0.15) is 11.4 Å². The van der Waals surface area contributed by atoms with E-state index in [0.717, 1.165) is 0 Å². The second-order valence-electron chi connectivity index (χ2n) is 6.59. The van der Waals surface area contributed by atoms with Gasteiger partial charge in [-0.25, -0.2) is 0 Å². The molecule has 2 aromatic carbocycles. The predicted molar refractivity (Wildman–Crippen MR) is 90.8 cm³/mol. The zero-order chi connectivity index (χ0) is 15.2. The van der Waals surface area contributed by atoms with Crippen molar-refractivity contribution in [3.8, 4) is 0 Å². The number of fused-ring (bicyclic) bond motifs is 1. The van der Waals surface area contributed by atoms with Gasteiger partial charge in [0.05, 0.1) is 6.04 Å². The maximum Gasteiger partial charge on any atom is 0.128 e. The van der Waals surface area contributed by atoms with Gasteiger partial charge in [0.25, 0.3) is 0 Å². The molecule has 0 saturated carbocycles. The molecule has 0 unspecified atom stereocenters. The Hall–Kier alpha value is -1.83. The SMILES string of the molecule is CC(C)[C@]1(C)N=C1N(C)[C@H](C)c1cccc2ccccc12. The maximum atomic E-state index is 4.76. The van der Waals surface area contributed by atoms with Crippen molar-refractivity contribution in [2.45, 2.75) is 39.3 Å². The number of benzene rings is 2. The van der Waals surface area contributed by atoms with Crippen LogP contribution in [0.25, 0.3) is 10.8 Å². The summed E-state index contributed by atoms with van der Waals surface area (Å²) in [5, 5.41) is 2.64. The van der Waals surface area contributed by atoms with E-state index in [1.54, 1.807) is 0 Å². The largest absolute Gasteiger partial charge is 0.355 e. The first-order valence-electron chi connectivity index (χ1n) is 7.76. The van der Waals surface area contributed by atoms with E-state index in [0.29, 0.717) is 12.0 Å². The molecule has 1 heterocycles. The standard InChI is InChI=1S/C19H24N2/c1-13(2)19(4)18(20-19)21(5)14(3)16-12-8-10-15-9-6-7-11-17(15)16/h6-14H,1-5H3/t14-,19+/m1/s1. The fourth-order valence-corrected chi connectivity index (χ4v) is 3.02. The molecule has 0 radical (unpaired) electrons. The Bertz CT molecular complexity index is 696. The van der Waals surface area contributed by atoms with E-state index >= 15 is 0 Å². The predicted octanol–water partition coefficient (Wildman–Crippen LogP) is 4.66. The molecule has 0 aliphatic carbocycles. The van der Waals surface area contributed by atoms with Crippen LogP contribution in [-0.2, 0) is 0 Å². The molecule has 2 heteroatoms. The Labute approximate surface area is 127 Å². The van der Waals surface area contributed by atoms with E-state index in [1.807, 2.05) is 0 Å². The van der Waals surface area contributed by atoms with Crippen LogP contribution in [0.15, 0.2) is 47.5 Å². The highest BCUT2D eigenvalue weighted by atomic mass is 15.3. The fourth-order valence-electron chi connectivity index (χ4n) is 3.02. The highest BCUT2D eigenvalue weighted by Crippen LogP contribution is 2.40. The summed E-state index contributed by atoms with van der Waals surface area (Å²) in [7, 11) is 2.17. The van der Waals surface area contributed by atoms with Crippen molar-refractivity contribution in [3.05, 3.63) is 48.0 Å². The van der Waals surface area contributed by atoms with Crippen molar-refractivity contribution in [1.82, 2.24) is 4.90 Å². The number of hydrogen-bond donors (Lipinski definition) is 0. The second kappa shape index (κ2) is 4.87. The zero-order valence-electron chi connectivity index (χ0n) is 13.6. The Morgan fingerprint density at radius 3 is 2.33 bits per heavy atom. The van der Waals surface area contributed by atoms with E-state index in [1.165, 1.54) is 22.2 Å². The van der Waals surface area contributed by atoms with Crippen molar-refractivity contribution in [2.24, 2.45) is 10.9 Å². The fraction of sp³-hybridized carbons (Fsp3) is 0.421. The number of nitrogens with zero attached hydrogens (tertiary/aromatic N) is 2. The molecule has 2 aromatic rings. The summed E-state index contributed by atoms with van der Waals surface area (Å²) >= 11 is 0. The highest BCUT2D eigenvalue weighted by Gasteiger charge is 2.48. The molecule has 0 spiro atoms. The Kier molecular flexibility index (Phi) is 3.27. The van der Waals surface area contributed by atoms with Crippen LogP contribution < -0.4 is 0 Å². The van der Waals surface area contributed by atoms with Crippen LogP contribution in [0.3, 0.4) is 0 Å². The first-order valence-corrected chi connectivity index (χ1v) is 7.76. The number of rotatable bonds is 3. The van der Waals surface area contributed by atoms with E-state index in [-0.39, 0.29) is 5.54 Å². The molecule has 0 fully saturated rings. The van der Waals surface area contributed by atoms with Gasteiger partial charge in [-0.1, -0.05) is 56.3 Å². The average molecular weight is 280 g/mol. The molecule has 0 N–H and O–H groups in total. The van der Waals surface area contributed by atoms with Crippen molar-refractivity contribution in [1.29, 1.82) is 0 Å². The van der Waals surface area contributed by atoms with Gasteiger partial charge < -0.3 is 4.90 Å². The van der Waals surface area contributed by atoms with Gasteiger partial charge in [-0.05, 0) is 36.1 Å². The highest BCUT2D eigenvalue weighted by molar-refractivity contribution is 6.03. The molecule has 2 nitrogen and oxygen atoms in total. The molecule has 0 amide bonds. The number of amidine groups is 1. The normalized spacial score (nSPS) is 22.3. The molecule has 0 aromatic heterocycles. The smallest absolute Gasteiger partial charge is 0.128 e. The van der Waals surface area contributed by atoms with E-state index < -0.39 is 0 Å². The molecule has 21 heavy (non-hydrogen) atoms. The number of likely N-dealkylation sites (N-methyl/N-ethyl adjacent to an activating group) is 1. The quantitative estimate of drug-likeness (QED) is 0.798. The molecule has 0 bridgehead atoms. The summed E-state index contributed by atoms with van der Waals surface area (Å²) in [6, 6.07) is 15.5. The summed E-state index contributed by atoms with van der Waals surface area (Å²) in [5.41, 5.74) is 1.41. The summed E-state index contributed by atoms with van der Waals surface area (Å²) in [4.78, 5) is 7.09. The molecule has 1 aliphatic heterocycles. The molecular formula is C19H24N2. The molecule has 2 atom stereocenters. The summed E-state index contributed by atoms with van der Waals surface area (Å²) in [5.74, 6) is 1.78. The monoisotopic (exact) mass is 280 g/mol. The Morgan fingerprint density at radius 1 is 1.00 bits per heavy atom. The van der Waals surface area contributed by atoms with Crippen LogP contribution >= 0.6 is 0 Å². The molecule has 0 saturated heterocycles. The lowest BCUT2D eigenvalue weighted by molar-refractivity contribution is 0.388. The van der Waals surface area contributed by atoms with Crippen molar-refractivity contribution < 1.29 is 0 Å². The zero-order valence-corrected chi connectivity index (χ0v) is 13.6. The lowest BCUT2D eigenvalue weighted by atomic mass is 9.93. The van der Waals surface area contributed by atoms with Gasteiger partial charge in [-0.2, -0.15) is 0 Å². The maximum absolute atomic E-state index is 4.76. The third-order valence-electron chi connectivity index (χ3n) is 5.05. The molecule has 110 valence electrons. The first kappa shape index (κ1) is 14.1. The number of hydrogen-bond acceptors (Lipinski definition) is 2. The van der Waals surface area contributed by atoms with Gasteiger partial charge in [0, 0.05) is 7.05 Å². The van der Waals surface area contributed by atoms with Gasteiger partial charge in [0.2, 0.25) is 0 Å². The van der Waals surface area contributed by atoms with Gasteiger partial charge >= 0.3 is 0 Å². The topological polar surface area (TPSA) is 15.6 Å². The van der Waals surface area contributed by atoms with Crippen molar-refractivity contribution in [2.75, 3.05) is 7.05 Å². The average Bonchev–Trinajstić information content (AvgIpc) is 3.19. The third-order valence-corrected chi connectivity index (χ3v) is 5.05. The van der Waals surface area contributed by atoms with Crippen LogP contribution in [0.4, 0.5) is 0 Å². The summed E-state index contributed by atoms with van der Waals surface area (Å²) in [6.07, 6.45) is 0. The summed E-state index contributed by atoms with van der Waals surface area (Å²) < 4.78 is 0. The Morgan fingerprint density at radius 2 is 1.67 bits per heavy atom. The number of aliphatic imine (C=N–C) groups is 1. The molecule has 1 aliphatic rings. The lowest BCUT2D eigenvalue weighted by Crippen LogP contribution is -2.34. The minimum absolute atomic E-state index is 0.0353. The van der Waals surface area contributed by atoms with Crippen LogP contribution in [0.5, 0.6) is 0 Å². The molecule has 3 rings (SSSR count). The summed E-state index contributed by atoms with van der Waals surface area (Å²) in [6.45, 7) is 8.99. The van der Waals surface area contributed by atoms with Crippen LogP contribution in [0.2, 0.25) is 0 Å². The minimum Gasteiger partial charge on any atom is -0.355 e. The van der Waals surface area contributed by atoms with Crippen molar-refractivity contribution in [3.63, 3.8) is 0 Å². The van der Waals surface area contributed by atoms with Gasteiger partial charge in [-0.15, -0.1) is 0 Å². The first-order chi connectivity index (χ1) is 9.95. The molecular weight excluding hydrogens is 256 g/mol. The van der Waals surface area contributed by atoms with E-state index in [9.17, 15) is 0 Å². The Balaban J connectivity index is 1.92. The van der Waals surface area contributed by atoms with Gasteiger partial charge in [0.15, 0.2) is 0 Å². The van der Waals surface area contributed by atoms with Crippen LogP contribution in [-0.4, -0.2) is 23.3 Å². The van der Waals surface area contributed by atoms with E-state index in [2.05, 4.69) is 82.1 Å². The van der Waals surface area contributed by atoms with Crippen molar-refractivity contribution >= 4 is 16.6 Å². The van der Waals surface area contributed by atoms with Gasteiger partial charge in [-0.3, -0.25) is 4.99 Å². The van der Waals surface area contributed by atoms with E-state index in [4.69, 9.17) is 4.99 Å². The van der Waals surface area contributed by atoms with Crippen LogP contribution in [0, 0.1) is 5.92 Å². The minimum atomic E-state index is 0.0353. The second-order valence-corrected chi connectivity index (χ2v) is 6.59. The third kappa shape index (κ3) is 2.23. The lowest BCUT2D eigenvalue weighted by Gasteiger charge is -2.28. The van der Waals surface area contributed by atoms with Crippen LogP contribution in [0.1, 0.15) is 39.3 Å².